The predicted octanol–water partition coefficient (Wildman–Crippen LogP) is 4.56. The zero-order chi connectivity index (χ0) is 27.1. The molecule has 1 aliphatic rings. The Labute approximate surface area is 227 Å². The van der Waals surface area contributed by atoms with Crippen LogP contribution in [0.4, 0.5) is 11.6 Å². The van der Waals surface area contributed by atoms with Crippen LogP contribution in [0.25, 0.3) is 33.7 Å². The molecular weight excluding hydrogens is 492 g/mol. The fourth-order valence-electron chi connectivity index (χ4n) is 5.20. The molecule has 0 amide bonds. The standard InChI is InChI=1S/C28H34N10O/c1-6-12-35(3)17-19-7-8-22(36(19)4)26-20-15-30-25-14-23(20)38(34-26)18(2)10-13-39-28-21(16-31-37(28)5)27-29-11-9-24(32-25)33-27/h7-9,11,14-16,18H,6,10,12-13,17H2,1-5H3,(H,29,30,32,33)/t18-/m0/s1. The van der Waals surface area contributed by atoms with Crippen LogP contribution in [0.2, 0.25) is 0 Å². The van der Waals surface area contributed by atoms with E-state index in [-0.39, 0.29) is 6.04 Å². The van der Waals surface area contributed by atoms with Gasteiger partial charge in [0.1, 0.15) is 22.9 Å². The highest BCUT2D eigenvalue weighted by atomic mass is 16.5. The molecule has 0 unspecified atom stereocenters. The number of rotatable bonds is 5. The maximum atomic E-state index is 6.23. The highest BCUT2D eigenvalue weighted by Crippen LogP contribution is 2.34. The van der Waals surface area contributed by atoms with Crippen LogP contribution in [0, 0.1) is 0 Å². The summed E-state index contributed by atoms with van der Waals surface area (Å²) in [6, 6.07) is 8.31. The molecule has 5 aromatic rings. The van der Waals surface area contributed by atoms with Crippen molar-refractivity contribution in [1.82, 2.24) is 44.0 Å². The van der Waals surface area contributed by atoms with Crippen molar-refractivity contribution in [2.75, 3.05) is 25.5 Å². The van der Waals surface area contributed by atoms with E-state index in [9.17, 15) is 0 Å². The van der Waals surface area contributed by atoms with Crippen LogP contribution in [0.1, 0.15) is 38.4 Å². The fourth-order valence-corrected chi connectivity index (χ4v) is 5.20. The van der Waals surface area contributed by atoms with Crippen LogP contribution in [-0.4, -0.2) is 64.2 Å². The Balaban J connectivity index is 1.43. The van der Waals surface area contributed by atoms with Gasteiger partial charge in [-0.05, 0) is 45.1 Å². The first-order valence-electron chi connectivity index (χ1n) is 13.4. The lowest BCUT2D eigenvalue weighted by atomic mass is 10.2. The molecule has 1 N–H and O–H groups in total. The number of nitrogens with zero attached hydrogens (tertiary/aromatic N) is 9. The molecule has 0 radical (unpaired) electrons. The van der Waals surface area contributed by atoms with Crippen molar-refractivity contribution in [2.45, 2.75) is 39.3 Å². The fraction of sp³-hybridized carbons (Fsp3) is 0.393. The Hall–Kier alpha value is -4.25. The van der Waals surface area contributed by atoms with E-state index in [0.717, 1.165) is 53.8 Å². The minimum atomic E-state index is 0.0839. The Morgan fingerprint density at radius 3 is 2.85 bits per heavy atom. The van der Waals surface area contributed by atoms with Gasteiger partial charge in [-0.1, -0.05) is 6.92 Å². The number of aromatic nitrogens is 8. The number of anilines is 2. The maximum Gasteiger partial charge on any atom is 0.222 e. The van der Waals surface area contributed by atoms with E-state index >= 15 is 0 Å². The van der Waals surface area contributed by atoms with Gasteiger partial charge in [-0.15, -0.1) is 0 Å². The van der Waals surface area contributed by atoms with Gasteiger partial charge in [-0.3, -0.25) is 4.68 Å². The SMILES string of the molecule is CCCN(C)Cc1ccc(-c2nn3c4cc(ncc24)Nc2ccnc(n2)-c2cnn(C)c2OCC[C@@H]3C)n1C. The molecule has 0 fully saturated rings. The average Bonchev–Trinajstić information content (AvgIpc) is 3.59. The van der Waals surface area contributed by atoms with Crippen molar-refractivity contribution >= 4 is 22.5 Å². The lowest BCUT2D eigenvalue weighted by molar-refractivity contribution is 0.260. The number of fused-ring (bicyclic) bond motifs is 5. The molecule has 0 saturated heterocycles. The molecule has 1 aliphatic heterocycles. The minimum absolute atomic E-state index is 0.0839. The molecule has 0 aliphatic carbocycles. The second kappa shape index (κ2) is 10.1. The molecule has 5 aromatic heterocycles. The van der Waals surface area contributed by atoms with Gasteiger partial charge < -0.3 is 19.5 Å². The summed E-state index contributed by atoms with van der Waals surface area (Å²) in [5.74, 6) is 2.52. The Morgan fingerprint density at radius 2 is 2.00 bits per heavy atom. The number of aryl methyl sites for hydroxylation is 1. The van der Waals surface area contributed by atoms with Crippen LogP contribution in [0.5, 0.6) is 5.88 Å². The summed E-state index contributed by atoms with van der Waals surface area (Å²) in [7, 11) is 6.14. The van der Waals surface area contributed by atoms with E-state index in [1.165, 1.54) is 5.69 Å². The van der Waals surface area contributed by atoms with Gasteiger partial charge >= 0.3 is 0 Å². The summed E-state index contributed by atoms with van der Waals surface area (Å²) in [6.07, 6.45) is 7.25. The zero-order valence-electron chi connectivity index (χ0n) is 23.1. The zero-order valence-corrected chi connectivity index (χ0v) is 23.1. The monoisotopic (exact) mass is 526 g/mol. The molecule has 39 heavy (non-hydrogen) atoms. The molecular formula is C28H34N10O. The molecule has 11 heteroatoms. The minimum Gasteiger partial charge on any atom is -0.477 e. The van der Waals surface area contributed by atoms with Gasteiger partial charge in [0.05, 0.1) is 30.1 Å². The summed E-state index contributed by atoms with van der Waals surface area (Å²) < 4.78 is 12.3. The smallest absolute Gasteiger partial charge is 0.222 e. The number of nitrogens with one attached hydrogen (secondary N) is 1. The van der Waals surface area contributed by atoms with Gasteiger partial charge in [-0.2, -0.15) is 10.2 Å². The number of hydrogen-bond donors (Lipinski definition) is 1. The molecule has 6 heterocycles. The highest BCUT2D eigenvalue weighted by Gasteiger charge is 2.22. The second-order valence-electron chi connectivity index (χ2n) is 10.3. The molecule has 4 bridgehead atoms. The molecule has 6 rings (SSSR count). The molecule has 0 spiro atoms. The van der Waals surface area contributed by atoms with Crippen molar-refractivity contribution in [3.8, 4) is 28.7 Å². The summed E-state index contributed by atoms with van der Waals surface area (Å²) in [4.78, 5) is 16.3. The third-order valence-corrected chi connectivity index (χ3v) is 7.33. The Bertz CT molecular complexity index is 1630. The Morgan fingerprint density at radius 1 is 1.13 bits per heavy atom. The third-order valence-electron chi connectivity index (χ3n) is 7.33. The van der Waals surface area contributed by atoms with E-state index in [1.54, 1.807) is 17.1 Å². The largest absolute Gasteiger partial charge is 0.477 e. The van der Waals surface area contributed by atoms with Gasteiger partial charge in [0, 0.05) is 56.6 Å². The van der Waals surface area contributed by atoms with Crippen molar-refractivity contribution in [3.05, 3.63) is 48.5 Å². The first-order valence-corrected chi connectivity index (χ1v) is 13.4. The van der Waals surface area contributed by atoms with E-state index in [1.807, 2.05) is 25.4 Å². The van der Waals surface area contributed by atoms with Gasteiger partial charge in [0.15, 0.2) is 5.82 Å². The van der Waals surface area contributed by atoms with E-state index < -0.39 is 0 Å². The van der Waals surface area contributed by atoms with E-state index in [4.69, 9.17) is 19.8 Å². The molecule has 0 saturated carbocycles. The van der Waals surface area contributed by atoms with Crippen molar-refractivity contribution in [1.29, 1.82) is 0 Å². The van der Waals surface area contributed by atoms with Crippen LogP contribution < -0.4 is 10.1 Å². The first-order chi connectivity index (χ1) is 18.9. The van der Waals surface area contributed by atoms with Crippen molar-refractivity contribution in [3.63, 3.8) is 0 Å². The molecule has 11 nitrogen and oxygen atoms in total. The van der Waals surface area contributed by atoms with Gasteiger partial charge in [0.2, 0.25) is 5.88 Å². The topological polar surface area (TPSA) is 104 Å². The van der Waals surface area contributed by atoms with Gasteiger partial charge in [-0.25, -0.2) is 19.6 Å². The highest BCUT2D eigenvalue weighted by molar-refractivity contribution is 5.93. The summed E-state index contributed by atoms with van der Waals surface area (Å²) in [6.45, 7) is 6.83. The number of hydrogen-bond acceptors (Lipinski definition) is 8. The number of pyridine rings is 1. The van der Waals surface area contributed by atoms with E-state index in [2.05, 4.69) is 69.6 Å². The summed E-state index contributed by atoms with van der Waals surface area (Å²) >= 11 is 0. The van der Waals surface area contributed by atoms with Gasteiger partial charge in [0.25, 0.3) is 0 Å². The van der Waals surface area contributed by atoms with E-state index in [0.29, 0.717) is 29.9 Å². The van der Waals surface area contributed by atoms with Crippen LogP contribution in [-0.2, 0) is 20.6 Å². The quantitative estimate of drug-likeness (QED) is 0.356. The second-order valence-corrected chi connectivity index (χ2v) is 10.3. The van der Waals surface area contributed by atoms with Crippen molar-refractivity contribution in [2.24, 2.45) is 14.1 Å². The summed E-state index contributed by atoms with van der Waals surface area (Å²) in [5.41, 5.74) is 5.00. The predicted molar refractivity (Wildman–Crippen MR) is 151 cm³/mol. The normalized spacial score (nSPS) is 15.3. The van der Waals surface area contributed by atoms with Crippen molar-refractivity contribution < 1.29 is 4.74 Å². The number of ether oxygens (including phenoxy) is 1. The molecule has 202 valence electrons. The third kappa shape index (κ3) is 4.63. The molecule has 0 aromatic carbocycles. The van der Waals surface area contributed by atoms with Crippen LogP contribution >= 0.6 is 0 Å². The molecule has 1 atom stereocenters. The van der Waals surface area contributed by atoms with Crippen LogP contribution in [0.3, 0.4) is 0 Å². The summed E-state index contributed by atoms with van der Waals surface area (Å²) in [5, 5.41) is 13.9. The Kier molecular flexibility index (Phi) is 6.51. The maximum absolute atomic E-state index is 6.23. The average molecular weight is 527 g/mol. The first kappa shape index (κ1) is 25.1. The van der Waals surface area contributed by atoms with Crippen LogP contribution in [0.15, 0.2) is 42.9 Å². The lowest BCUT2D eigenvalue weighted by Crippen LogP contribution is -2.20. The lowest BCUT2D eigenvalue weighted by Gasteiger charge is -2.16.